The summed E-state index contributed by atoms with van der Waals surface area (Å²) in [7, 11) is 0. The van der Waals surface area contributed by atoms with E-state index in [9.17, 15) is 18.8 Å². The van der Waals surface area contributed by atoms with Crippen molar-refractivity contribution in [1.29, 1.82) is 0 Å². The standard InChI is InChI=1S/C20H26FN3O4/c1-20(2,3)14-10-12(21)4-5-16(14)28-13-6-8-24(9-7-13)17(25)11-15-18(26)23-19(27)22-15/h4-5,10,13,15H,6-9,11H2,1-3H3,(H2,22,23,26,27). The smallest absolute Gasteiger partial charge is 0.322 e. The molecule has 2 N–H and O–H groups in total. The van der Waals surface area contributed by atoms with Crippen LogP contribution in [0.5, 0.6) is 5.75 Å². The van der Waals surface area contributed by atoms with Gasteiger partial charge in [0.25, 0.3) is 5.91 Å². The van der Waals surface area contributed by atoms with Crippen LogP contribution < -0.4 is 15.4 Å². The largest absolute Gasteiger partial charge is 0.490 e. The zero-order valence-corrected chi connectivity index (χ0v) is 16.4. The maximum atomic E-state index is 13.7. The molecule has 1 atom stereocenters. The van der Waals surface area contributed by atoms with E-state index < -0.39 is 18.0 Å². The second-order valence-electron chi connectivity index (χ2n) is 8.31. The number of ether oxygens (including phenoxy) is 1. The average Bonchev–Trinajstić information content (AvgIpc) is 2.93. The van der Waals surface area contributed by atoms with Crippen molar-refractivity contribution < 1.29 is 23.5 Å². The fraction of sp³-hybridized carbons (Fsp3) is 0.550. The van der Waals surface area contributed by atoms with E-state index in [1.165, 1.54) is 12.1 Å². The molecule has 0 aromatic heterocycles. The summed E-state index contributed by atoms with van der Waals surface area (Å²) in [5.41, 5.74) is 0.564. The fourth-order valence-electron chi connectivity index (χ4n) is 3.50. The predicted octanol–water partition coefficient (Wildman–Crippen LogP) is 2.09. The van der Waals surface area contributed by atoms with Gasteiger partial charge in [0.2, 0.25) is 5.91 Å². The number of amides is 4. The minimum Gasteiger partial charge on any atom is -0.490 e. The lowest BCUT2D eigenvalue weighted by Gasteiger charge is -2.34. The molecule has 0 saturated carbocycles. The van der Waals surface area contributed by atoms with E-state index in [1.54, 1.807) is 11.0 Å². The van der Waals surface area contributed by atoms with Gasteiger partial charge in [-0.15, -0.1) is 0 Å². The normalized spacial score (nSPS) is 20.7. The summed E-state index contributed by atoms with van der Waals surface area (Å²) >= 11 is 0. The SMILES string of the molecule is CC(C)(C)c1cc(F)ccc1OC1CCN(C(=O)CC2NC(=O)NC2=O)CC1. The minimum atomic E-state index is -0.803. The van der Waals surface area contributed by atoms with E-state index in [4.69, 9.17) is 4.74 Å². The third-order valence-electron chi connectivity index (χ3n) is 5.08. The number of likely N-dealkylation sites (tertiary alicyclic amines) is 1. The Morgan fingerprint density at radius 1 is 1.25 bits per heavy atom. The topological polar surface area (TPSA) is 87.7 Å². The van der Waals surface area contributed by atoms with Gasteiger partial charge in [-0.05, 0) is 23.6 Å². The van der Waals surface area contributed by atoms with Crippen molar-refractivity contribution in [3.05, 3.63) is 29.6 Å². The van der Waals surface area contributed by atoms with E-state index in [2.05, 4.69) is 10.6 Å². The number of carbonyl (C=O) groups is 3. The Bertz CT molecular complexity index is 782. The van der Waals surface area contributed by atoms with E-state index in [0.717, 1.165) is 5.56 Å². The number of urea groups is 1. The molecule has 4 amide bonds. The Morgan fingerprint density at radius 2 is 1.93 bits per heavy atom. The molecule has 1 aromatic carbocycles. The van der Waals surface area contributed by atoms with Crippen molar-refractivity contribution in [2.75, 3.05) is 13.1 Å². The zero-order chi connectivity index (χ0) is 20.5. The predicted molar refractivity (Wildman–Crippen MR) is 100 cm³/mol. The fourth-order valence-corrected chi connectivity index (χ4v) is 3.50. The number of imide groups is 1. The number of nitrogens with one attached hydrogen (secondary N) is 2. The molecule has 3 rings (SSSR count). The molecule has 1 aromatic rings. The van der Waals surface area contributed by atoms with Gasteiger partial charge in [0, 0.05) is 31.5 Å². The number of rotatable bonds is 4. The highest BCUT2D eigenvalue weighted by atomic mass is 19.1. The van der Waals surface area contributed by atoms with Gasteiger partial charge in [-0.25, -0.2) is 9.18 Å². The van der Waals surface area contributed by atoms with Crippen molar-refractivity contribution in [1.82, 2.24) is 15.5 Å². The number of hydrogen-bond donors (Lipinski definition) is 2. The molecule has 2 heterocycles. The second-order valence-corrected chi connectivity index (χ2v) is 8.31. The van der Waals surface area contributed by atoms with Gasteiger partial charge in [-0.3, -0.25) is 14.9 Å². The molecule has 0 aliphatic carbocycles. The molecule has 8 heteroatoms. The van der Waals surface area contributed by atoms with Crippen molar-refractivity contribution in [3.63, 3.8) is 0 Å². The maximum absolute atomic E-state index is 13.7. The quantitative estimate of drug-likeness (QED) is 0.770. The Morgan fingerprint density at radius 3 is 2.50 bits per heavy atom. The molecule has 0 spiro atoms. The molecule has 2 aliphatic heterocycles. The first-order chi connectivity index (χ1) is 13.1. The van der Waals surface area contributed by atoms with Gasteiger partial charge < -0.3 is 15.0 Å². The van der Waals surface area contributed by atoms with Crippen LogP contribution in [0.1, 0.15) is 45.6 Å². The Balaban J connectivity index is 1.55. The number of benzene rings is 1. The number of halogens is 1. The van der Waals surface area contributed by atoms with Crippen LogP contribution in [0.3, 0.4) is 0 Å². The molecule has 0 radical (unpaired) electrons. The number of piperidine rings is 1. The molecule has 2 aliphatic rings. The van der Waals surface area contributed by atoms with E-state index in [0.29, 0.717) is 31.7 Å². The van der Waals surface area contributed by atoms with E-state index in [1.807, 2.05) is 20.8 Å². The van der Waals surface area contributed by atoms with Gasteiger partial charge in [0.1, 0.15) is 23.7 Å². The summed E-state index contributed by atoms with van der Waals surface area (Å²) in [6.07, 6.45) is 1.19. The lowest BCUT2D eigenvalue weighted by atomic mass is 9.86. The summed E-state index contributed by atoms with van der Waals surface area (Å²) in [5.74, 6) is -0.259. The van der Waals surface area contributed by atoms with Gasteiger partial charge in [-0.1, -0.05) is 20.8 Å². The minimum absolute atomic E-state index is 0.0464. The molecule has 2 saturated heterocycles. The summed E-state index contributed by atoms with van der Waals surface area (Å²) in [6.45, 7) is 7.05. The monoisotopic (exact) mass is 391 g/mol. The van der Waals surface area contributed by atoms with Crippen LogP contribution in [0.2, 0.25) is 0 Å². The van der Waals surface area contributed by atoms with E-state index in [-0.39, 0.29) is 29.7 Å². The third kappa shape index (κ3) is 4.61. The summed E-state index contributed by atoms with van der Waals surface area (Å²) in [4.78, 5) is 36.8. The van der Waals surface area contributed by atoms with Crippen molar-refractivity contribution in [3.8, 4) is 5.75 Å². The lowest BCUT2D eigenvalue weighted by molar-refractivity contribution is -0.135. The highest BCUT2D eigenvalue weighted by Crippen LogP contribution is 2.33. The maximum Gasteiger partial charge on any atom is 0.322 e. The Kier molecular flexibility index (Phi) is 5.58. The van der Waals surface area contributed by atoms with Crippen LogP contribution in [-0.4, -0.2) is 48.0 Å². The second kappa shape index (κ2) is 7.77. The van der Waals surface area contributed by atoms with Gasteiger partial charge in [-0.2, -0.15) is 0 Å². The van der Waals surface area contributed by atoms with Crippen LogP contribution >= 0.6 is 0 Å². The van der Waals surface area contributed by atoms with Crippen LogP contribution in [0.25, 0.3) is 0 Å². The molecular weight excluding hydrogens is 365 g/mol. The van der Waals surface area contributed by atoms with E-state index >= 15 is 0 Å². The average molecular weight is 391 g/mol. The number of nitrogens with zero attached hydrogens (tertiary/aromatic N) is 1. The zero-order valence-electron chi connectivity index (χ0n) is 16.4. The highest BCUT2D eigenvalue weighted by Gasteiger charge is 2.34. The highest BCUT2D eigenvalue weighted by molar-refractivity contribution is 6.05. The number of hydrogen-bond acceptors (Lipinski definition) is 4. The van der Waals surface area contributed by atoms with Crippen LogP contribution in [0.15, 0.2) is 18.2 Å². The van der Waals surface area contributed by atoms with Crippen LogP contribution in [-0.2, 0) is 15.0 Å². The Hall–Kier alpha value is -2.64. The summed E-state index contributed by atoms with van der Waals surface area (Å²) < 4.78 is 19.8. The summed E-state index contributed by atoms with van der Waals surface area (Å²) in [6, 6.07) is 3.19. The Labute approximate surface area is 163 Å². The molecule has 0 bridgehead atoms. The molecule has 7 nitrogen and oxygen atoms in total. The lowest BCUT2D eigenvalue weighted by Crippen LogP contribution is -2.44. The van der Waals surface area contributed by atoms with Gasteiger partial charge >= 0.3 is 6.03 Å². The molecule has 1 unspecified atom stereocenters. The molecule has 152 valence electrons. The van der Waals surface area contributed by atoms with Gasteiger partial charge in [0.15, 0.2) is 0 Å². The molecule has 2 fully saturated rings. The van der Waals surface area contributed by atoms with Crippen LogP contribution in [0, 0.1) is 5.82 Å². The first kappa shape index (κ1) is 20.1. The van der Waals surface area contributed by atoms with Crippen molar-refractivity contribution in [2.24, 2.45) is 0 Å². The van der Waals surface area contributed by atoms with Crippen molar-refractivity contribution >= 4 is 17.8 Å². The first-order valence-corrected chi connectivity index (χ1v) is 9.49. The number of carbonyl (C=O) groups excluding carboxylic acids is 3. The van der Waals surface area contributed by atoms with Gasteiger partial charge in [0.05, 0.1) is 6.42 Å². The van der Waals surface area contributed by atoms with Crippen molar-refractivity contribution in [2.45, 2.75) is 57.6 Å². The third-order valence-corrected chi connectivity index (χ3v) is 5.08. The summed E-state index contributed by atoms with van der Waals surface area (Å²) in [5, 5.41) is 4.56. The first-order valence-electron chi connectivity index (χ1n) is 9.49. The van der Waals surface area contributed by atoms with Crippen LogP contribution in [0.4, 0.5) is 9.18 Å². The molecular formula is C20H26FN3O4. The molecule has 28 heavy (non-hydrogen) atoms.